The van der Waals surface area contributed by atoms with E-state index in [1.54, 1.807) is 0 Å². The minimum Gasteiger partial charge on any atom is -0.508 e. The van der Waals surface area contributed by atoms with Crippen molar-refractivity contribution in [3.8, 4) is 23.0 Å². The molecule has 0 aromatic heterocycles. The molecule has 0 saturated heterocycles. The van der Waals surface area contributed by atoms with Crippen molar-refractivity contribution >= 4 is 23.9 Å². The molecule has 4 N–H and O–H groups in total. The zero-order chi connectivity index (χ0) is 32.3. The van der Waals surface area contributed by atoms with E-state index in [0.717, 1.165) is 0 Å². The Kier molecular flexibility index (Phi) is 10.6. The van der Waals surface area contributed by atoms with Crippen molar-refractivity contribution in [3.63, 3.8) is 0 Å². The topological polar surface area (TPSA) is 186 Å². The fourth-order valence-corrected chi connectivity index (χ4v) is 3.93. The number of rotatable bonds is 12. The maximum Gasteiger partial charge on any atom is 0.338 e. The Morgan fingerprint density at radius 3 is 1.13 bits per heavy atom. The fraction of sp³-hybridized carbons (Fsp3) is 0.152. The second kappa shape index (κ2) is 14.9. The lowest BCUT2D eigenvalue weighted by Gasteiger charge is -2.27. The minimum atomic E-state index is -1.42. The molecule has 0 aliphatic rings. The fourth-order valence-electron chi connectivity index (χ4n) is 3.93. The van der Waals surface area contributed by atoms with Crippen molar-refractivity contribution in [1.29, 1.82) is 0 Å². The number of phenolic OH excluding ortho intramolecular Hbond substituents is 4. The summed E-state index contributed by atoms with van der Waals surface area (Å²) in [6, 6.07) is 20.8. The van der Waals surface area contributed by atoms with Crippen LogP contribution in [0.15, 0.2) is 97.1 Å². The van der Waals surface area contributed by atoms with Crippen LogP contribution in [0.4, 0.5) is 0 Å². The third-order valence-electron chi connectivity index (χ3n) is 6.36. The molecule has 4 aromatic rings. The van der Waals surface area contributed by atoms with E-state index in [0.29, 0.717) is 0 Å². The van der Waals surface area contributed by atoms with Gasteiger partial charge in [0.2, 0.25) is 0 Å². The largest absolute Gasteiger partial charge is 0.508 e. The highest BCUT2D eigenvalue weighted by Gasteiger charge is 2.32. The summed E-state index contributed by atoms with van der Waals surface area (Å²) in [5, 5.41) is 38.2. The highest BCUT2D eigenvalue weighted by molar-refractivity contribution is 5.91. The highest BCUT2D eigenvalue weighted by atomic mass is 16.6. The second-order valence-corrected chi connectivity index (χ2v) is 9.60. The molecule has 0 fully saturated rings. The third-order valence-corrected chi connectivity index (χ3v) is 6.36. The molecule has 4 aromatic carbocycles. The van der Waals surface area contributed by atoms with Crippen LogP contribution in [-0.2, 0) is 18.9 Å². The van der Waals surface area contributed by atoms with E-state index >= 15 is 0 Å². The van der Waals surface area contributed by atoms with E-state index in [4.69, 9.17) is 18.9 Å². The van der Waals surface area contributed by atoms with Gasteiger partial charge in [0, 0.05) is 6.42 Å². The van der Waals surface area contributed by atoms with Gasteiger partial charge in [-0.2, -0.15) is 0 Å². The van der Waals surface area contributed by atoms with Gasteiger partial charge in [-0.1, -0.05) is 0 Å². The molecule has 12 nitrogen and oxygen atoms in total. The Hall–Kier alpha value is -6.04. The Labute approximate surface area is 256 Å². The number of aromatic hydroxyl groups is 4. The zero-order valence-electron chi connectivity index (χ0n) is 23.6. The molecule has 0 heterocycles. The summed E-state index contributed by atoms with van der Waals surface area (Å²) in [5.41, 5.74) is 0.300. The number of hydrogen-bond donors (Lipinski definition) is 4. The van der Waals surface area contributed by atoms with Gasteiger partial charge >= 0.3 is 23.9 Å². The van der Waals surface area contributed by atoms with Crippen LogP contribution < -0.4 is 0 Å². The number of carbonyl (C=O) groups is 4. The predicted octanol–water partition coefficient (Wildman–Crippen LogP) is 4.36. The molecular formula is C33H28O12. The average molecular weight is 617 g/mol. The van der Waals surface area contributed by atoms with Crippen molar-refractivity contribution < 1.29 is 58.6 Å². The highest BCUT2D eigenvalue weighted by Crippen LogP contribution is 2.20. The molecule has 2 unspecified atom stereocenters. The summed E-state index contributed by atoms with van der Waals surface area (Å²) in [7, 11) is 0. The molecule has 45 heavy (non-hydrogen) atoms. The van der Waals surface area contributed by atoms with Gasteiger partial charge in [-0.05, 0) is 97.1 Å². The Balaban J connectivity index is 1.57. The van der Waals surface area contributed by atoms with Crippen LogP contribution in [0.3, 0.4) is 0 Å². The summed E-state index contributed by atoms with van der Waals surface area (Å²) in [6.07, 6.45) is -2.95. The summed E-state index contributed by atoms with van der Waals surface area (Å²) in [5.74, 6) is -3.65. The second-order valence-electron chi connectivity index (χ2n) is 9.60. The first kappa shape index (κ1) is 31.9. The standard InChI is InChI=1S/C33H28O12/c34-24-9-1-20(2-10-24)30(38)42-18-17-28(44-32(40)22-5-13-26(36)14-6-22)29(45-33(41)23-7-15-27(37)16-8-23)19-43-31(39)21-3-11-25(35)12-4-21/h1-16,28-29,34-37H,17-19H2. The Morgan fingerprint density at radius 1 is 0.444 bits per heavy atom. The van der Waals surface area contributed by atoms with Gasteiger partial charge in [0.05, 0.1) is 28.9 Å². The minimum absolute atomic E-state index is 0.0324. The zero-order valence-corrected chi connectivity index (χ0v) is 23.6. The van der Waals surface area contributed by atoms with E-state index in [-0.39, 0.29) is 58.3 Å². The molecular weight excluding hydrogens is 588 g/mol. The van der Waals surface area contributed by atoms with Crippen molar-refractivity contribution in [1.82, 2.24) is 0 Å². The first-order valence-electron chi connectivity index (χ1n) is 13.5. The van der Waals surface area contributed by atoms with Crippen LogP contribution in [0.5, 0.6) is 23.0 Å². The molecule has 2 atom stereocenters. The molecule has 0 amide bonds. The van der Waals surface area contributed by atoms with Crippen molar-refractivity contribution in [2.45, 2.75) is 18.6 Å². The Morgan fingerprint density at radius 2 is 0.756 bits per heavy atom. The number of carbonyl (C=O) groups excluding carboxylic acids is 4. The molecule has 12 heteroatoms. The normalized spacial score (nSPS) is 11.9. The predicted molar refractivity (Wildman–Crippen MR) is 156 cm³/mol. The molecule has 232 valence electrons. The first-order valence-corrected chi connectivity index (χ1v) is 13.5. The molecule has 4 rings (SSSR count). The Bertz CT molecular complexity index is 1610. The first-order chi connectivity index (χ1) is 21.6. The molecule has 0 radical (unpaired) electrons. The average Bonchev–Trinajstić information content (AvgIpc) is 3.03. The van der Waals surface area contributed by atoms with Crippen LogP contribution in [0.25, 0.3) is 0 Å². The van der Waals surface area contributed by atoms with Gasteiger partial charge in [0.25, 0.3) is 0 Å². The quantitative estimate of drug-likeness (QED) is 0.130. The van der Waals surface area contributed by atoms with Gasteiger partial charge in [-0.25, -0.2) is 19.2 Å². The van der Waals surface area contributed by atoms with E-state index in [1.165, 1.54) is 97.1 Å². The molecule has 0 aliphatic carbocycles. The third kappa shape index (κ3) is 9.22. The number of benzene rings is 4. The van der Waals surface area contributed by atoms with Crippen LogP contribution >= 0.6 is 0 Å². The van der Waals surface area contributed by atoms with Crippen LogP contribution in [0.1, 0.15) is 47.9 Å². The summed E-state index contributed by atoms with van der Waals surface area (Å²) in [4.78, 5) is 51.4. The lowest BCUT2D eigenvalue weighted by atomic mass is 10.1. The lowest BCUT2D eigenvalue weighted by molar-refractivity contribution is -0.0641. The van der Waals surface area contributed by atoms with Gasteiger partial charge in [0.15, 0.2) is 6.10 Å². The maximum atomic E-state index is 13.1. The molecule has 0 saturated carbocycles. The van der Waals surface area contributed by atoms with Gasteiger partial charge in [-0.15, -0.1) is 0 Å². The van der Waals surface area contributed by atoms with E-state index in [9.17, 15) is 39.6 Å². The van der Waals surface area contributed by atoms with Crippen molar-refractivity contribution in [2.75, 3.05) is 13.2 Å². The van der Waals surface area contributed by atoms with Crippen LogP contribution in [-0.4, -0.2) is 69.7 Å². The van der Waals surface area contributed by atoms with Gasteiger partial charge in [0.1, 0.15) is 35.7 Å². The molecule has 0 bridgehead atoms. The van der Waals surface area contributed by atoms with Crippen LogP contribution in [0, 0.1) is 0 Å². The van der Waals surface area contributed by atoms with Gasteiger partial charge in [-0.3, -0.25) is 0 Å². The summed E-state index contributed by atoms with van der Waals surface area (Å²) < 4.78 is 22.0. The smallest absolute Gasteiger partial charge is 0.338 e. The molecule has 0 aliphatic heterocycles. The van der Waals surface area contributed by atoms with Crippen molar-refractivity contribution in [3.05, 3.63) is 119 Å². The van der Waals surface area contributed by atoms with Gasteiger partial charge < -0.3 is 39.4 Å². The molecule has 0 spiro atoms. The van der Waals surface area contributed by atoms with E-state index in [2.05, 4.69) is 0 Å². The number of ether oxygens (including phenoxy) is 4. The van der Waals surface area contributed by atoms with E-state index < -0.39 is 42.7 Å². The summed E-state index contributed by atoms with van der Waals surface area (Å²) >= 11 is 0. The van der Waals surface area contributed by atoms with E-state index in [1.807, 2.05) is 0 Å². The number of esters is 4. The summed E-state index contributed by atoms with van der Waals surface area (Å²) in [6.45, 7) is -0.921. The maximum absolute atomic E-state index is 13.1. The number of phenols is 4. The monoisotopic (exact) mass is 616 g/mol. The SMILES string of the molecule is O=C(OCCC(OC(=O)c1ccc(O)cc1)C(COC(=O)c1ccc(O)cc1)OC(=O)c1ccc(O)cc1)c1ccc(O)cc1. The van der Waals surface area contributed by atoms with Crippen molar-refractivity contribution in [2.24, 2.45) is 0 Å². The number of hydrogen-bond acceptors (Lipinski definition) is 12. The van der Waals surface area contributed by atoms with Crippen LogP contribution in [0.2, 0.25) is 0 Å². The lowest BCUT2D eigenvalue weighted by Crippen LogP contribution is -2.40.